The molecule has 0 unspecified atom stereocenters. The molecule has 0 aliphatic heterocycles. The van der Waals surface area contributed by atoms with Gasteiger partial charge in [0.05, 0.1) is 24.9 Å². The molecule has 108 valence electrons. The Morgan fingerprint density at radius 3 is 2.44 bits per heavy atom. The van der Waals surface area contributed by atoms with E-state index in [0.29, 0.717) is 12.7 Å². The molecule has 0 bridgehead atoms. The van der Waals surface area contributed by atoms with E-state index in [1.54, 1.807) is 0 Å². The van der Waals surface area contributed by atoms with E-state index in [1.807, 2.05) is 0 Å². The van der Waals surface area contributed by atoms with Gasteiger partial charge in [0.25, 0.3) is 0 Å². The first kappa shape index (κ1) is 15.9. The fourth-order valence-electron chi connectivity index (χ4n) is 2.56. The highest BCUT2D eigenvalue weighted by Gasteiger charge is 2.34. The highest BCUT2D eigenvalue weighted by atomic mass is 16.5. The number of hydrogen-bond donors (Lipinski definition) is 1. The van der Waals surface area contributed by atoms with Crippen LogP contribution in [0.1, 0.15) is 53.4 Å². The predicted molar refractivity (Wildman–Crippen MR) is 75.9 cm³/mol. The molecule has 1 saturated carbocycles. The molecule has 1 rings (SSSR count). The van der Waals surface area contributed by atoms with Crippen LogP contribution in [0.2, 0.25) is 0 Å². The Hall–Kier alpha value is -0.120. The van der Waals surface area contributed by atoms with Crippen molar-refractivity contribution >= 4 is 0 Å². The van der Waals surface area contributed by atoms with Gasteiger partial charge < -0.3 is 14.8 Å². The van der Waals surface area contributed by atoms with Gasteiger partial charge in [-0.1, -0.05) is 13.8 Å². The Balaban J connectivity index is 2.35. The van der Waals surface area contributed by atoms with E-state index >= 15 is 0 Å². The summed E-state index contributed by atoms with van der Waals surface area (Å²) >= 11 is 0. The summed E-state index contributed by atoms with van der Waals surface area (Å²) in [4.78, 5) is 0. The van der Waals surface area contributed by atoms with Gasteiger partial charge >= 0.3 is 0 Å². The van der Waals surface area contributed by atoms with Crippen LogP contribution < -0.4 is 5.32 Å². The maximum absolute atomic E-state index is 6.18. The van der Waals surface area contributed by atoms with Gasteiger partial charge in [0.2, 0.25) is 0 Å². The number of rotatable bonds is 8. The van der Waals surface area contributed by atoms with Crippen LogP contribution in [0, 0.1) is 5.92 Å². The lowest BCUT2D eigenvalue weighted by atomic mass is 9.79. The lowest BCUT2D eigenvalue weighted by Gasteiger charge is -2.39. The standard InChI is InChI=1S/C15H31NO2/c1-5-16-12-15(8-6-14(4)7-9-15)18-11-10-17-13(2)3/h13-14,16H,5-12H2,1-4H3. The van der Waals surface area contributed by atoms with Gasteiger partial charge in [-0.3, -0.25) is 0 Å². The van der Waals surface area contributed by atoms with Gasteiger partial charge in [0, 0.05) is 6.54 Å². The molecular formula is C15H31NO2. The van der Waals surface area contributed by atoms with Gasteiger partial charge in [0.15, 0.2) is 0 Å². The van der Waals surface area contributed by atoms with Crippen molar-refractivity contribution in [3.63, 3.8) is 0 Å². The topological polar surface area (TPSA) is 30.5 Å². The van der Waals surface area contributed by atoms with Gasteiger partial charge in [-0.05, 0) is 52.0 Å². The van der Waals surface area contributed by atoms with Crippen LogP contribution in [-0.4, -0.2) is 38.0 Å². The van der Waals surface area contributed by atoms with E-state index in [1.165, 1.54) is 25.7 Å². The first-order valence-electron chi connectivity index (χ1n) is 7.54. The SMILES string of the molecule is CCNCC1(OCCOC(C)C)CCC(C)CC1. The molecule has 0 aromatic heterocycles. The number of likely N-dealkylation sites (N-methyl/N-ethyl adjacent to an activating group) is 1. The monoisotopic (exact) mass is 257 g/mol. The van der Waals surface area contributed by atoms with E-state index in [-0.39, 0.29) is 5.60 Å². The normalized spacial score (nSPS) is 28.8. The molecule has 0 heterocycles. The van der Waals surface area contributed by atoms with Gasteiger partial charge in [0.1, 0.15) is 0 Å². The highest BCUT2D eigenvalue weighted by molar-refractivity contribution is 4.88. The Labute approximate surface area is 113 Å². The zero-order valence-electron chi connectivity index (χ0n) is 12.6. The number of hydrogen-bond acceptors (Lipinski definition) is 3. The molecule has 1 aliphatic rings. The minimum Gasteiger partial charge on any atom is -0.376 e. The minimum atomic E-state index is 0.0584. The molecule has 3 heteroatoms. The van der Waals surface area contributed by atoms with Crippen molar-refractivity contribution in [3.05, 3.63) is 0 Å². The molecule has 18 heavy (non-hydrogen) atoms. The van der Waals surface area contributed by atoms with Crippen LogP contribution in [0.4, 0.5) is 0 Å². The Morgan fingerprint density at radius 1 is 1.22 bits per heavy atom. The second-order valence-corrected chi connectivity index (χ2v) is 5.91. The Bertz CT molecular complexity index is 205. The van der Waals surface area contributed by atoms with Crippen molar-refractivity contribution in [1.29, 1.82) is 0 Å². The summed E-state index contributed by atoms with van der Waals surface area (Å²) < 4.78 is 11.7. The summed E-state index contributed by atoms with van der Waals surface area (Å²) in [5.74, 6) is 0.857. The smallest absolute Gasteiger partial charge is 0.0807 e. The molecule has 1 fully saturated rings. The predicted octanol–water partition coefficient (Wildman–Crippen LogP) is 2.99. The van der Waals surface area contributed by atoms with Crippen LogP contribution in [0.25, 0.3) is 0 Å². The highest BCUT2D eigenvalue weighted by Crippen LogP contribution is 2.34. The second kappa shape index (κ2) is 8.13. The van der Waals surface area contributed by atoms with Crippen LogP contribution in [-0.2, 0) is 9.47 Å². The van der Waals surface area contributed by atoms with Crippen LogP contribution in [0.5, 0.6) is 0 Å². The van der Waals surface area contributed by atoms with E-state index < -0.39 is 0 Å². The summed E-state index contributed by atoms with van der Waals surface area (Å²) in [6, 6.07) is 0. The molecule has 3 nitrogen and oxygen atoms in total. The minimum absolute atomic E-state index is 0.0584. The molecule has 0 saturated heterocycles. The van der Waals surface area contributed by atoms with Crippen LogP contribution >= 0.6 is 0 Å². The van der Waals surface area contributed by atoms with Gasteiger partial charge in [-0.2, -0.15) is 0 Å². The summed E-state index contributed by atoms with van der Waals surface area (Å²) in [6.07, 6.45) is 5.24. The van der Waals surface area contributed by atoms with Crippen molar-refractivity contribution in [2.75, 3.05) is 26.3 Å². The first-order chi connectivity index (χ1) is 8.58. The fourth-order valence-corrected chi connectivity index (χ4v) is 2.56. The van der Waals surface area contributed by atoms with Gasteiger partial charge in [-0.15, -0.1) is 0 Å². The lowest BCUT2D eigenvalue weighted by Crippen LogP contribution is -2.46. The maximum atomic E-state index is 6.18. The third kappa shape index (κ3) is 5.68. The van der Waals surface area contributed by atoms with Crippen molar-refractivity contribution in [1.82, 2.24) is 5.32 Å². The maximum Gasteiger partial charge on any atom is 0.0807 e. The molecule has 0 spiro atoms. The summed E-state index contributed by atoms with van der Waals surface area (Å²) in [5, 5.41) is 3.46. The summed E-state index contributed by atoms with van der Waals surface area (Å²) in [5.41, 5.74) is 0.0584. The second-order valence-electron chi connectivity index (χ2n) is 5.91. The molecule has 0 radical (unpaired) electrons. The fraction of sp³-hybridized carbons (Fsp3) is 1.00. The summed E-state index contributed by atoms with van der Waals surface area (Å²) in [6.45, 7) is 12.1. The van der Waals surface area contributed by atoms with E-state index in [9.17, 15) is 0 Å². The first-order valence-corrected chi connectivity index (χ1v) is 7.54. The summed E-state index contributed by atoms with van der Waals surface area (Å²) in [7, 11) is 0. The molecule has 0 aromatic carbocycles. The number of ether oxygens (including phenoxy) is 2. The van der Waals surface area contributed by atoms with E-state index in [4.69, 9.17) is 9.47 Å². The quantitative estimate of drug-likeness (QED) is 0.678. The third-order valence-electron chi connectivity index (χ3n) is 3.83. The Morgan fingerprint density at radius 2 is 1.89 bits per heavy atom. The van der Waals surface area contributed by atoms with Crippen molar-refractivity contribution in [2.45, 2.75) is 65.1 Å². The molecular weight excluding hydrogens is 226 g/mol. The van der Waals surface area contributed by atoms with Crippen molar-refractivity contribution in [3.8, 4) is 0 Å². The third-order valence-corrected chi connectivity index (χ3v) is 3.83. The molecule has 1 N–H and O–H groups in total. The lowest BCUT2D eigenvalue weighted by molar-refractivity contribution is -0.0963. The van der Waals surface area contributed by atoms with Crippen molar-refractivity contribution in [2.24, 2.45) is 5.92 Å². The molecule has 0 aromatic rings. The molecule has 0 atom stereocenters. The molecule has 1 aliphatic carbocycles. The Kier molecular flexibility index (Phi) is 7.20. The van der Waals surface area contributed by atoms with Gasteiger partial charge in [-0.25, -0.2) is 0 Å². The van der Waals surface area contributed by atoms with Crippen LogP contribution in [0.15, 0.2) is 0 Å². The zero-order chi connectivity index (χ0) is 13.4. The largest absolute Gasteiger partial charge is 0.376 e. The molecule has 0 amide bonds. The van der Waals surface area contributed by atoms with Crippen molar-refractivity contribution < 1.29 is 9.47 Å². The van der Waals surface area contributed by atoms with E-state index in [2.05, 4.69) is 33.0 Å². The number of nitrogens with one attached hydrogen (secondary N) is 1. The zero-order valence-corrected chi connectivity index (χ0v) is 12.6. The average Bonchev–Trinajstić information content (AvgIpc) is 2.35. The van der Waals surface area contributed by atoms with Crippen LogP contribution in [0.3, 0.4) is 0 Å². The van der Waals surface area contributed by atoms with E-state index in [0.717, 1.165) is 25.6 Å². The average molecular weight is 257 g/mol.